The van der Waals surface area contributed by atoms with E-state index in [1.807, 2.05) is 12.1 Å². The van der Waals surface area contributed by atoms with Crippen LogP contribution in [0.4, 0.5) is 0 Å². The average molecular weight is 254 g/mol. The summed E-state index contributed by atoms with van der Waals surface area (Å²) in [6.45, 7) is -0.176. The molecule has 0 unspecified atom stereocenters. The number of hydrogen-bond acceptors (Lipinski definition) is 5. The second-order valence-electron chi connectivity index (χ2n) is 4.26. The number of aliphatic hydroxyl groups is 2. The number of ether oxygens (including phenoxy) is 3. The van der Waals surface area contributed by atoms with Crippen LogP contribution < -0.4 is 9.47 Å². The Kier molecular flexibility index (Phi) is 4.06. The minimum Gasteiger partial charge on any atom is -0.493 e. The number of rotatable bonds is 4. The minimum absolute atomic E-state index is 0.176. The highest BCUT2D eigenvalue weighted by Crippen LogP contribution is 2.37. The number of hydrogen-bond donors (Lipinski definition) is 2. The summed E-state index contributed by atoms with van der Waals surface area (Å²) >= 11 is 0. The van der Waals surface area contributed by atoms with Crippen molar-refractivity contribution in [2.75, 3.05) is 20.8 Å². The van der Waals surface area contributed by atoms with Gasteiger partial charge in [0.15, 0.2) is 11.5 Å². The first-order valence-electron chi connectivity index (χ1n) is 5.86. The van der Waals surface area contributed by atoms with Gasteiger partial charge in [0.1, 0.15) is 6.10 Å². The zero-order valence-corrected chi connectivity index (χ0v) is 10.5. The summed E-state index contributed by atoms with van der Waals surface area (Å²) in [5.74, 6) is 1.28. The SMILES string of the molecule is COc1ccc([C@H]2C[C@H](O)[C@@H](CO)O2)cc1OC. The van der Waals surface area contributed by atoms with Crippen LogP contribution in [0.2, 0.25) is 0 Å². The highest BCUT2D eigenvalue weighted by Gasteiger charge is 2.34. The summed E-state index contributed by atoms with van der Waals surface area (Å²) in [5, 5.41) is 18.8. The Labute approximate surface area is 106 Å². The molecule has 0 spiro atoms. The molecular formula is C13H18O5. The molecular weight excluding hydrogens is 236 g/mol. The molecule has 1 aromatic rings. The van der Waals surface area contributed by atoms with Gasteiger partial charge in [0.05, 0.1) is 33.0 Å². The monoisotopic (exact) mass is 254 g/mol. The predicted octanol–water partition coefficient (Wildman–Crippen LogP) is 0.887. The fourth-order valence-electron chi connectivity index (χ4n) is 2.16. The van der Waals surface area contributed by atoms with E-state index in [1.54, 1.807) is 20.3 Å². The van der Waals surface area contributed by atoms with Gasteiger partial charge in [-0.3, -0.25) is 0 Å². The molecule has 0 saturated carbocycles. The molecule has 5 heteroatoms. The van der Waals surface area contributed by atoms with Crippen LogP contribution in [0.5, 0.6) is 11.5 Å². The Hall–Kier alpha value is -1.30. The van der Waals surface area contributed by atoms with Gasteiger partial charge in [0.25, 0.3) is 0 Å². The van der Waals surface area contributed by atoms with E-state index >= 15 is 0 Å². The van der Waals surface area contributed by atoms with Crippen molar-refractivity contribution in [2.45, 2.75) is 24.7 Å². The van der Waals surface area contributed by atoms with Gasteiger partial charge in [-0.25, -0.2) is 0 Å². The van der Waals surface area contributed by atoms with Crippen LogP contribution in [-0.4, -0.2) is 43.2 Å². The summed E-state index contributed by atoms with van der Waals surface area (Å²) in [4.78, 5) is 0. The molecule has 0 bridgehead atoms. The predicted molar refractivity (Wildman–Crippen MR) is 64.9 cm³/mol. The zero-order valence-electron chi connectivity index (χ0n) is 10.5. The lowest BCUT2D eigenvalue weighted by Crippen LogP contribution is -2.24. The molecule has 2 rings (SSSR count). The lowest BCUT2D eigenvalue weighted by molar-refractivity contribution is -0.0226. The zero-order chi connectivity index (χ0) is 13.1. The van der Waals surface area contributed by atoms with Crippen molar-refractivity contribution < 1.29 is 24.4 Å². The van der Waals surface area contributed by atoms with E-state index in [1.165, 1.54) is 0 Å². The molecule has 18 heavy (non-hydrogen) atoms. The maximum Gasteiger partial charge on any atom is 0.161 e. The number of benzene rings is 1. The molecule has 100 valence electrons. The van der Waals surface area contributed by atoms with E-state index < -0.39 is 12.2 Å². The van der Waals surface area contributed by atoms with Crippen molar-refractivity contribution >= 4 is 0 Å². The van der Waals surface area contributed by atoms with Crippen LogP contribution in [0.15, 0.2) is 18.2 Å². The standard InChI is InChI=1S/C13H18O5/c1-16-10-4-3-8(5-12(10)17-2)11-6-9(15)13(7-14)18-11/h3-5,9,11,13-15H,6-7H2,1-2H3/t9-,11+,13+/m0/s1. The first-order chi connectivity index (χ1) is 8.69. The second kappa shape index (κ2) is 5.56. The molecule has 1 aromatic carbocycles. The van der Waals surface area contributed by atoms with E-state index in [-0.39, 0.29) is 12.7 Å². The van der Waals surface area contributed by atoms with Gasteiger partial charge in [-0.15, -0.1) is 0 Å². The highest BCUT2D eigenvalue weighted by atomic mass is 16.5. The van der Waals surface area contributed by atoms with E-state index in [0.717, 1.165) is 5.56 Å². The number of methoxy groups -OCH3 is 2. The van der Waals surface area contributed by atoms with Crippen molar-refractivity contribution in [1.29, 1.82) is 0 Å². The fraction of sp³-hybridized carbons (Fsp3) is 0.538. The van der Waals surface area contributed by atoms with E-state index in [2.05, 4.69) is 0 Å². The summed E-state index contributed by atoms with van der Waals surface area (Å²) in [7, 11) is 3.15. The van der Waals surface area contributed by atoms with Gasteiger partial charge < -0.3 is 24.4 Å². The van der Waals surface area contributed by atoms with Gasteiger partial charge in [0.2, 0.25) is 0 Å². The fourth-order valence-corrected chi connectivity index (χ4v) is 2.16. The van der Waals surface area contributed by atoms with Gasteiger partial charge in [-0.05, 0) is 17.7 Å². The quantitative estimate of drug-likeness (QED) is 0.835. The minimum atomic E-state index is -0.631. The van der Waals surface area contributed by atoms with Gasteiger partial charge in [-0.1, -0.05) is 6.07 Å². The highest BCUT2D eigenvalue weighted by molar-refractivity contribution is 5.43. The lowest BCUT2D eigenvalue weighted by Gasteiger charge is -2.14. The molecule has 5 nitrogen and oxygen atoms in total. The Balaban J connectivity index is 2.19. The normalized spacial score (nSPS) is 27.2. The smallest absolute Gasteiger partial charge is 0.161 e. The van der Waals surface area contributed by atoms with Crippen molar-refractivity contribution in [3.63, 3.8) is 0 Å². The average Bonchev–Trinajstić information content (AvgIpc) is 2.79. The topological polar surface area (TPSA) is 68.2 Å². The van der Waals surface area contributed by atoms with Gasteiger partial charge in [0, 0.05) is 6.42 Å². The van der Waals surface area contributed by atoms with Crippen LogP contribution in [0.1, 0.15) is 18.1 Å². The van der Waals surface area contributed by atoms with Crippen LogP contribution in [0.3, 0.4) is 0 Å². The maximum atomic E-state index is 9.71. The third-order valence-corrected chi connectivity index (χ3v) is 3.18. The Bertz CT molecular complexity index is 406. The molecule has 2 N–H and O–H groups in total. The number of aliphatic hydroxyl groups excluding tert-OH is 2. The molecule has 1 heterocycles. The van der Waals surface area contributed by atoms with E-state index in [4.69, 9.17) is 19.3 Å². The van der Waals surface area contributed by atoms with Crippen LogP contribution in [-0.2, 0) is 4.74 Å². The molecule has 0 radical (unpaired) electrons. The molecule has 0 amide bonds. The third kappa shape index (κ3) is 2.43. The summed E-state index contributed by atoms with van der Waals surface area (Å²) in [6, 6.07) is 5.50. The van der Waals surface area contributed by atoms with Gasteiger partial charge in [-0.2, -0.15) is 0 Å². The Morgan fingerprint density at radius 3 is 2.56 bits per heavy atom. The summed E-state index contributed by atoms with van der Waals surface area (Å²) in [6.07, 6.45) is -0.895. The first-order valence-corrected chi connectivity index (χ1v) is 5.86. The molecule has 1 saturated heterocycles. The summed E-state index contributed by atoms with van der Waals surface area (Å²) in [5.41, 5.74) is 0.905. The first kappa shape index (κ1) is 13.1. The van der Waals surface area contributed by atoms with E-state index in [0.29, 0.717) is 17.9 Å². The maximum absolute atomic E-state index is 9.71. The third-order valence-electron chi connectivity index (χ3n) is 3.18. The molecule has 3 atom stereocenters. The van der Waals surface area contributed by atoms with Crippen LogP contribution in [0.25, 0.3) is 0 Å². The Morgan fingerprint density at radius 2 is 2.00 bits per heavy atom. The van der Waals surface area contributed by atoms with Crippen LogP contribution in [0, 0.1) is 0 Å². The largest absolute Gasteiger partial charge is 0.493 e. The molecule has 1 aliphatic heterocycles. The van der Waals surface area contributed by atoms with Crippen LogP contribution >= 0.6 is 0 Å². The lowest BCUT2D eigenvalue weighted by atomic mass is 10.0. The van der Waals surface area contributed by atoms with Crippen molar-refractivity contribution in [3.8, 4) is 11.5 Å². The molecule has 0 aromatic heterocycles. The van der Waals surface area contributed by atoms with E-state index in [9.17, 15) is 5.11 Å². The van der Waals surface area contributed by atoms with Crippen molar-refractivity contribution in [3.05, 3.63) is 23.8 Å². The summed E-state index contributed by atoms with van der Waals surface area (Å²) < 4.78 is 16.0. The molecule has 0 aliphatic carbocycles. The van der Waals surface area contributed by atoms with Gasteiger partial charge >= 0.3 is 0 Å². The van der Waals surface area contributed by atoms with Crippen molar-refractivity contribution in [2.24, 2.45) is 0 Å². The Morgan fingerprint density at radius 1 is 1.28 bits per heavy atom. The second-order valence-corrected chi connectivity index (χ2v) is 4.26. The molecule has 1 fully saturated rings. The van der Waals surface area contributed by atoms with Crippen molar-refractivity contribution in [1.82, 2.24) is 0 Å². The molecule has 1 aliphatic rings.